The molecule has 1 amide bonds. The molecule has 1 aromatic heterocycles. The number of amides is 1. The monoisotopic (exact) mass is 267 g/mol. The second kappa shape index (κ2) is 5.37. The molecule has 3 nitrogen and oxygen atoms in total. The summed E-state index contributed by atoms with van der Waals surface area (Å²) in [7, 11) is 0. The lowest BCUT2D eigenvalue weighted by Crippen LogP contribution is -2.23. The molecule has 0 spiro atoms. The van der Waals surface area contributed by atoms with Gasteiger partial charge in [-0.25, -0.2) is 0 Å². The maximum atomic E-state index is 12.0. The summed E-state index contributed by atoms with van der Waals surface area (Å²) in [6.45, 7) is 2.78. The fourth-order valence-electron chi connectivity index (χ4n) is 2.37. The number of nitrogens with one attached hydrogen (secondary N) is 1. The normalized spacial score (nSPS) is 11.1. The molecule has 1 heterocycles. The summed E-state index contributed by atoms with van der Waals surface area (Å²) in [6.07, 6.45) is 2.04. The maximum absolute atomic E-state index is 12.0. The molecule has 20 heavy (non-hydrogen) atoms. The first-order chi connectivity index (χ1) is 9.79. The lowest BCUT2D eigenvalue weighted by atomic mass is 10.1. The van der Waals surface area contributed by atoms with Gasteiger partial charge in [-0.2, -0.15) is 0 Å². The van der Waals surface area contributed by atoms with Crippen molar-refractivity contribution in [1.29, 1.82) is 0 Å². The molecule has 2 aromatic carbocycles. The molecular weight excluding hydrogens is 250 g/mol. The Morgan fingerprint density at radius 1 is 1.15 bits per heavy atom. The molecule has 0 aliphatic heterocycles. The van der Waals surface area contributed by atoms with Crippen LogP contribution in [0.25, 0.3) is 21.7 Å². The van der Waals surface area contributed by atoms with E-state index in [0.29, 0.717) is 12.3 Å². The van der Waals surface area contributed by atoms with Gasteiger partial charge in [-0.05, 0) is 29.3 Å². The van der Waals surface area contributed by atoms with Crippen molar-refractivity contribution in [3.63, 3.8) is 0 Å². The molecule has 1 N–H and O–H groups in total. The topological polar surface area (TPSA) is 42.2 Å². The lowest BCUT2D eigenvalue weighted by Gasteiger charge is -2.00. The van der Waals surface area contributed by atoms with Crippen LogP contribution in [0.3, 0.4) is 0 Å². The fraction of sp³-hybridized carbons (Fsp3) is 0.235. The van der Waals surface area contributed by atoms with E-state index in [1.165, 1.54) is 0 Å². The van der Waals surface area contributed by atoms with Crippen LogP contribution in [-0.4, -0.2) is 12.5 Å². The minimum absolute atomic E-state index is 0.140. The number of fused-ring (bicyclic) bond motifs is 3. The molecule has 0 bridgehead atoms. The van der Waals surface area contributed by atoms with Crippen molar-refractivity contribution < 1.29 is 9.21 Å². The van der Waals surface area contributed by atoms with Gasteiger partial charge < -0.3 is 9.73 Å². The number of rotatable bonds is 4. The smallest absolute Gasteiger partial charge is 0.287 e. The Morgan fingerprint density at radius 3 is 2.85 bits per heavy atom. The number of carbonyl (C=O) groups excluding carboxylic acids is 1. The largest absolute Gasteiger partial charge is 0.451 e. The number of carbonyl (C=O) groups is 1. The highest BCUT2D eigenvalue weighted by molar-refractivity contribution is 6.08. The van der Waals surface area contributed by atoms with Crippen molar-refractivity contribution in [2.75, 3.05) is 6.54 Å². The minimum atomic E-state index is -0.140. The van der Waals surface area contributed by atoms with Crippen molar-refractivity contribution in [2.24, 2.45) is 0 Å². The third kappa shape index (κ3) is 2.27. The number of hydrogen-bond acceptors (Lipinski definition) is 2. The Balaban J connectivity index is 1.98. The summed E-state index contributed by atoms with van der Waals surface area (Å²) in [5.74, 6) is 0.242. The number of benzene rings is 2. The van der Waals surface area contributed by atoms with Gasteiger partial charge in [0.25, 0.3) is 5.91 Å². The van der Waals surface area contributed by atoms with Crippen molar-refractivity contribution in [3.05, 3.63) is 48.2 Å². The number of unbranched alkanes of at least 4 members (excludes halogenated alkanes) is 1. The van der Waals surface area contributed by atoms with Crippen LogP contribution in [0, 0.1) is 0 Å². The van der Waals surface area contributed by atoms with E-state index in [2.05, 4.69) is 18.3 Å². The average Bonchev–Trinajstić information content (AvgIpc) is 2.92. The minimum Gasteiger partial charge on any atom is -0.451 e. The molecule has 0 atom stereocenters. The van der Waals surface area contributed by atoms with Gasteiger partial charge in [0.1, 0.15) is 5.58 Å². The van der Waals surface area contributed by atoms with Gasteiger partial charge in [0.15, 0.2) is 5.76 Å². The van der Waals surface area contributed by atoms with E-state index in [9.17, 15) is 4.79 Å². The molecule has 0 saturated carbocycles. The molecule has 0 aliphatic rings. The van der Waals surface area contributed by atoms with E-state index in [1.54, 1.807) is 0 Å². The second-order valence-corrected chi connectivity index (χ2v) is 4.92. The zero-order chi connectivity index (χ0) is 13.9. The van der Waals surface area contributed by atoms with Gasteiger partial charge in [0, 0.05) is 11.9 Å². The molecule has 102 valence electrons. The van der Waals surface area contributed by atoms with Crippen LogP contribution < -0.4 is 5.32 Å². The van der Waals surface area contributed by atoms with Crippen LogP contribution in [-0.2, 0) is 0 Å². The van der Waals surface area contributed by atoms with Gasteiger partial charge in [-0.1, -0.05) is 43.7 Å². The maximum Gasteiger partial charge on any atom is 0.287 e. The molecule has 0 unspecified atom stereocenters. The molecule has 3 rings (SSSR count). The standard InChI is InChI=1S/C17H17NO2/c1-2-3-10-18-17(19)16-11-14-13-7-5-4-6-12(13)8-9-15(14)20-16/h4-9,11H,2-3,10H2,1H3,(H,18,19). The first-order valence-electron chi connectivity index (χ1n) is 6.99. The SMILES string of the molecule is CCCCNC(=O)c1cc2c(ccc3ccccc32)o1. The van der Waals surface area contributed by atoms with Gasteiger partial charge in [0.05, 0.1) is 0 Å². The highest BCUT2D eigenvalue weighted by Crippen LogP contribution is 2.27. The van der Waals surface area contributed by atoms with E-state index in [4.69, 9.17) is 4.42 Å². The van der Waals surface area contributed by atoms with E-state index < -0.39 is 0 Å². The molecular formula is C17H17NO2. The predicted octanol–water partition coefficient (Wildman–Crippen LogP) is 4.12. The Bertz CT molecular complexity index is 758. The van der Waals surface area contributed by atoms with Crippen LogP contribution in [0.2, 0.25) is 0 Å². The Morgan fingerprint density at radius 2 is 2.00 bits per heavy atom. The third-order valence-electron chi connectivity index (χ3n) is 3.47. The van der Waals surface area contributed by atoms with Crippen LogP contribution >= 0.6 is 0 Å². The molecule has 0 saturated heterocycles. The zero-order valence-electron chi connectivity index (χ0n) is 11.5. The van der Waals surface area contributed by atoms with E-state index in [0.717, 1.165) is 34.6 Å². The summed E-state index contributed by atoms with van der Waals surface area (Å²) in [5, 5.41) is 6.13. The molecule has 3 heteroatoms. The quantitative estimate of drug-likeness (QED) is 0.723. The molecule has 3 aromatic rings. The summed E-state index contributed by atoms with van der Waals surface area (Å²) >= 11 is 0. The van der Waals surface area contributed by atoms with Crippen LogP contribution in [0.4, 0.5) is 0 Å². The summed E-state index contributed by atoms with van der Waals surface area (Å²) in [4.78, 5) is 12.0. The number of furan rings is 1. The third-order valence-corrected chi connectivity index (χ3v) is 3.47. The summed E-state index contributed by atoms with van der Waals surface area (Å²) in [5.41, 5.74) is 0.754. The predicted molar refractivity (Wildman–Crippen MR) is 81.0 cm³/mol. The molecule has 0 radical (unpaired) electrons. The first kappa shape index (κ1) is 12.7. The highest BCUT2D eigenvalue weighted by Gasteiger charge is 2.13. The summed E-state index contributed by atoms with van der Waals surface area (Å²) in [6, 6.07) is 13.9. The fourth-order valence-corrected chi connectivity index (χ4v) is 2.37. The molecule has 0 fully saturated rings. The molecule has 0 aliphatic carbocycles. The van der Waals surface area contributed by atoms with E-state index >= 15 is 0 Å². The van der Waals surface area contributed by atoms with E-state index in [1.807, 2.05) is 36.4 Å². The van der Waals surface area contributed by atoms with Gasteiger partial charge in [-0.3, -0.25) is 4.79 Å². The van der Waals surface area contributed by atoms with Gasteiger partial charge in [-0.15, -0.1) is 0 Å². The first-order valence-corrected chi connectivity index (χ1v) is 6.99. The highest BCUT2D eigenvalue weighted by atomic mass is 16.3. The lowest BCUT2D eigenvalue weighted by molar-refractivity contribution is 0.0927. The Kier molecular flexibility index (Phi) is 3.42. The van der Waals surface area contributed by atoms with E-state index in [-0.39, 0.29) is 5.91 Å². The van der Waals surface area contributed by atoms with Crippen LogP contribution in [0.5, 0.6) is 0 Å². The van der Waals surface area contributed by atoms with Crippen molar-refractivity contribution in [3.8, 4) is 0 Å². The van der Waals surface area contributed by atoms with Gasteiger partial charge in [0.2, 0.25) is 0 Å². The Labute approximate surface area is 117 Å². The average molecular weight is 267 g/mol. The Hall–Kier alpha value is -2.29. The van der Waals surface area contributed by atoms with Crippen molar-refractivity contribution in [2.45, 2.75) is 19.8 Å². The zero-order valence-corrected chi connectivity index (χ0v) is 11.5. The summed E-state index contributed by atoms with van der Waals surface area (Å²) < 4.78 is 5.66. The van der Waals surface area contributed by atoms with Crippen LogP contribution in [0.15, 0.2) is 46.9 Å². The van der Waals surface area contributed by atoms with Crippen molar-refractivity contribution >= 4 is 27.6 Å². The van der Waals surface area contributed by atoms with Gasteiger partial charge >= 0.3 is 0 Å². The number of hydrogen-bond donors (Lipinski definition) is 1. The van der Waals surface area contributed by atoms with Crippen LogP contribution in [0.1, 0.15) is 30.3 Å². The second-order valence-electron chi connectivity index (χ2n) is 4.92. The van der Waals surface area contributed by atoms with Crippen molar-refractivity contribution in [1.82, 2.24) is 5.32 Å².